The van der Waals surface area contributed by atoms with Gasteiger partial charge in [-0.15, -0.1) is 0 Å². The Hall–Kier alpha value is -1.80. The van der Waals surface area contributed by atoms with Gasteiger partial charge in [-0.25, -0.2) is 0 Å². The molecule has 0 atom stereocenters. The molecule has 2 rings (SSSR count). The molecule has 2 nitrogen and oxygen atoms in total. The monoisotopic (exact) mass is 227 g/mol. The summed E-state index contributed by atoms with van der Waals surface area (Å²) >= 11 is 0. The molecule has 0 saturated heterocycles. The summed E-state index contributed by atoms with van der Waals surface area (Å²) in [6.45, 7) is 1.04. The van der Waals surface area contributed by atoms with Gasteiger partial charge in [-0.05, 0) is 29.7 Å². The Kier molecular flexibility index (Phi) is 4.17. The standard InChI is InChI=1S/C15H17NO/c17-11-10-13-6-8-15(9-7-13)16-12-14-4-2-1-3-5-14/h1-9,16-17H,10-12H2. The molecule has 0 aliphatic heterocycles. The van der Waals surface area contributed by atoms with Gasteiger partial charge in [0.05, 0.1) is 0 Å². The van der Waals surface area contributed by atoms with Crippen LogP contribution in [0.25, 0.3) is 0 Å². The third-order valence-corrected chi connectivity index (χ3v) is 2.69. The molecule has 0 unspecified atom stereocenters. The fourth-order valence-corrected chi connectivity index (χ4v) is 1.72. The van der Waals surface area contributed by atoms with Crippen LogP contribution in [0.15, 0.2) is 54.6 Å². The van der Waals surface area contributed by atoms with Gasteiger partial charge in [0.2, 0.25) is 0 Å². The third kappa shape index (κ3) is 3.61. The van der Waals surface area contributed by atoms with Crippen molar-refractivity contribution in [3.63, 3.8) is 0 Å². The van der Waals surface area contributed by atoms with Gasteiger partial charge in [0.15, 0.2) is 0 Å². The van der Waals surface area contributed by atoms with Gasteiger partial charge < -0.3 is 10.4 Å². The fraction of sp³-hybridized carbons (Fsp3) is 0.200. The Morgan fingerprint density at radius 1 is 0.824 bits per heavy atom. The number of anilines is 1. The van der Waals surface area contributed by atoms with Crippen LogP contribution in [0, 0.1) is 0 Å². The highest BCUT2D eigenvalue weighted by Gasteiger charge is 1.95. The Balaban J connectivity index is 1.91. The average Bonchev–Trinajstić information content (AvgIpc) is 2.40. The lowest BCUT2D eigenvalue weighted by atomic mass is 10.1. The van der Waals surface area contributed by atoms with Crippen molar-refractivity contribution in [3.05, 3.63) is 65.7 Å². The van der Waals surface area contributed by atoms with Gasteiger partial charge in [0.1, 0.15) is 0 Å². The summed E-state index contributed by atoms with van der Waals surface area (Å²) in [4.78, 5) is 0. The van der Waals surface area contributed by atoms with E-state index in [4.69, 9.17) is 5.11 Å². The molecule has 0 bridgehead atoms. The highest BCUT2D eigenvalue weighted by atomic mass is 16.2. The largest absolute Gasteiger partial charge is 0.396 e. The SMILES string of the molecule is OCCc1ccc(NCc2ccccc2)cc1. The van der Waals surface area contributed by atoms with E-state index in [-0.39, 0.29) is 6.61 Å². The van der Waals surface area contributed by atoms with Crippen molar-refractivity contribution >= 4 is 5.69 Å². The van der Waals surface area contributed by atoms with E-state index in [2.05, 4.69) is 17.4 Å². The Morgan fingerprint density at radius 2 is 1.53 bits per heavy atom. The van der Waals surface area contributed by atoms with Crippen LogP contribution in [-0.2, 0) is 13.0 Å². The zero-order chi connectivity index (χ0) is 11.9. The average molecular weight is 227 g/mol. The van der Waals surface area contributed by atoms with Gasteiger partial charge in [-0.3, -0.25) is 0 Å². The van der Waals surface area contributed by atoms with Gasteiger partial charge in [0.25, 0.3) is 0 Å². The van der Waals surface area contributed by atoms with Crippen molar-refractivity contribution in [2.75, 3.05) is 11.9 Å². The molecule has 2 aromatic carbocycles. The lowest BCUT2D eigenvalue weighted by Crippen LogP contribution is -1.99. The Labute approximate surface area is 102 Å². The van der Waals surface area contributed by atoms with Crippen molar-refractivity contribution in [1.82, 2.24) is 0 Å². The van der Waals surface area contributed by atoms with Crippen molar-refractivity contribution in [2.24, 2.45) is 0 Å². The first-order chi connectivity index (χ1) is 8.38. The van der Waals surface area contributed by atoms with Crippen LogP contribution in [0.4, 0.5) is 5.69 Å². The van der Waals surface area contributed by atoms with Crippen molar-refractivity contribution in [3.8, 4) is 0 Å². The number of hydrogen-bond acceptors (Lipinski definition) is 2. The molecule has 0 heterocycles. The molecule has 0 fully saturated rings. The molecule has 0 aromatic heterocycles. The molecule has 2 N–H and O–H groups in total. The molecule has 17 heavy (non-hydrogen) atoms. The van der Waals surface area contributed by atoms with Crippen LogP contribution in [0.3, 0.4) is 0 Å². The van der Waals surface area contributed by atoms with Gasteiger partial charge in [-0.2, -0.15) is 0 Å². The zero-order valence-corrected chi connectivity index (χ0v) is 9.76. The number of hydrogen-bond donors (Lipinski definition) is 2. The molecule has 0 amide bonds. The van der Waals surface area contributed by atoms with Gasteiger partial charge >= 0.3 is 0 Å². The van der Waals surface area contributed by atoms with Gasteiger partial charge in [-0.1, -0.05) is 42.5 Å². The second-order valence-electron chi connectivity index (χ2n) is 4.01. The number of benzene rings is 2. The molecule has 0 aliphatic carbocycles. The minimum atomic E-state index is 0.205. The minimum Gasteiger partial charge on any atom is -0.396 e. The summed E-state index contributed by atoms with van der Waals surface area (Å²) in [5, 5.41) is 12.2. The lowest BCUT2D eigenvalue weighted by molar-refractivity contribution is 0.299. The van der Waals surface area contributed by atoms with E-state index >= 15 is 0 Å². The van der Waals surface area contributed by atoms with Crippen molar-refractivity contribution < 1.29 is 5.11 Å². The predicted octanol–water partition coefficient (Wildman–Crippen LogP) is 2.83. The normalized spacial score (nSPS) is 10.2. The number of nitrogens with one attached hydrogen (secondary N) is 1. The maximum Gasteiger partial charge on any atom is 0.0471 e. The van der Waals surface area contributed by atoms with E-state index in [1.807, 2.05) is 42.5 Å². The van der Waals surface area contributed by atoms with E-state index in [1.54, 1.807) is 0 Å². The first kappa shape index (κ1) is 11.7. The van der Waals surface area contributed by atoms with Crippen molar-refractivity contribution in [1.29, 1.82) is 0 Å². The van der Waals surface area contributed by atoms with E-state index in [9.17, 15) is 0 Å². The quantitative estimate of drug-likeness (QED) is 0.823. The number of aliphatic hydroxyl groups excluding tert-OH is 1. The third-order valence-electron chi connectivity index (χ3n) is 2.69. The predicted molar refractivity (Wildman–Crippen MR) is 71.0 cm³/mol. The van der Waals surface area contributed by atoms with Crippen LogP contribution in [0.1, 0.15) is 11.1 Å². The topological polar surface area (TPSA) is 32.3 Å². The fourth-order valence-electron chi connectivity index (χ4n) is 1.72. The lowest BCUT2D eigenvalue weighted by Gasteiger charge is -2.07. The summed E-state index contributed by atoms with van der Waals surface area (Å²) < 4.78 is 0. The highest BCUT2D eigenvalue weighted by molar-refractivity contribution is 5.45. The summed E-state index contributed by atoms with van der Waals surface area (Å²) in [6, 6.07) is 18.5. The zero-order valence-electron chi connectivity index (χ0n) is 9.76. The maximum atomic E-state index is 8.83. The Bertz CT molecular complexity index is 436. The molecule has 0 aliphatic rings. The van der Waals surface area contributed by atoms with E-state index < -0.39 is 0 Å². The van der Waals surface area contributed by atoms with Crippen LogP contribution in [0.5, 0.6) is 0 Å². The summed E-state index contributed by atoms with van der Waals surface area (Å²) in [5.41, 5.74) is 3.54. The van der Waals surface area contributed by atoms with E-state index in [1.165, 1.54) is 5.56 Å². The second kappa shape index (κ2) is 6.06. The van der Waals surface area contributed by atoms with Crippen LogP contribution >= 0.6 is 0 Å². The summed E-state index contributed by atoms with van der Waals surface area (Å²) in [7, 11) is 0. The van der Waals surface area contributed by atoms with Crippen molar-refractivity contribution in [2.45, 2.75) is 13.0 Å². The summed E-state index contributed by atoms with van der Waals surface area (Å²) in [5.74, 6) is 0. The number of aliphatic hydroxyl groups is 1. The van der Waals surface area contributed by atoms with Crippen LogP contribution < -0.4 is 5.32 Å². The summed E-state index contributed by atoms with van der Waals surface area (Å²) in [6.07, 6.45) is 0.721. The molecule has 0 radical (unpaired) electrons. The van der Waals surface area contributed by atoms with E-state index in [0.717, 1.165) is 24.2 Å². The molecule has 0 saturated carbocycles. The van der Waals surface area contributed by atoms with Gasteiger partial charge in [0, 0.05) is 18.8 Å². The molecule has 0 spiro atoms. The minimum absolute atomic E-state index is 0.205. The molecule has 2 heteroatoms. The van der Waals surface area contributed by atoms with Crippen LogP contribution in [-0.4, -0.2) is 11.7 Å². The Morgan fingerprint density at radius 3 is 2.18 bits per heavy atom. The highest BCUT2D eigenvalue weighted by Crippen LogP contribution is 2.11. The smallest absolute Gasteiger partial charge is 0.0471 e. The number of rotatable bonds is 5. The first-order valence-corrected chi connectivity index (χ1v) is 5.86. The molecule has 2 aromatic rings. The second-order valence-corrected chi connectivity index (χ2v) is 4.01. The maximum absolute atomic E-state index is 8.83. The first-order valence-electron chi connectivity index (χ1n) is 5.86. The molecule has 88 valence electrons. The van der Waals surface area contributed by atoms with Crippen LogP contribution in [0.2, 0.25) is 0 Å². The molecular weight excluding hydrogens is 210 g/mol. The van der Waals surface area contributed by atoms with E-state index in [0.29, 0.717) is 0 Å². The molecular formula is C15H17NO.